The monoisotopic (exact) mass is 391 g/mol. The minimum Gasteiger partial charge on any atom is -0.475 e. The van der Waals surface area contributed by atoms with Gasteiger partial charge in [-0.1, -0.05) is 6.92 Å². The molecule has 13 heteroatoms. The molecule has 0 saturated carbocycles. The first-order valence-electron chi connectivity index (χ1n) is 7.77. The van der Waals surface area contributed by atoms with Gasteiger partial charge in [0.1, 0.15) is 5.82 Å². The lowest BCUT2D eigenvalue weighted by molar-refractivity contribution is -0.192. The first kappa shape index (κ1) is 21.9. The number of hydrogen-bond acceptors (Lipinski definition) is 5. The SMILES string of the molecule is CCc1nc(NC(=O)NCCn2ccc(C)n2)nn1C.O=C(O)C(F)(F)F. The highest BCUT2D eigenvalue weighted by molar-refractivity contribution is 5.87. The van der Waals surface area contributed by atoms with Gasteiger partial charge in [0.05, 0.1) is 12.2 Å². The third kappa shape index (κ3) is 7.75. The Balaban J connectivity index is 0.000000445. The highest BCUT2D eigenvalue weighted by Gasteiger charge is 2.38. The largest absolute Gasteiger partial charge is 0.490 e. The summed E-state index contributed by atoms with van der Waals surface area (Å²) in [7, 11) is 1.80. The van der Waals surface area contributed by atoms with Crippen LogP contribution in [0.25, 0.3) is 0 Å². The van der Waals surface area contributed by atoms with Crippen LogP contribution in [0.4, 0.5) is 23.9 Å². The van der Waals surface area contributed by atoms with Crippen molar-refractivity contribution in [3.63, 3.8) is 0 Å². The van der Waals surface area contributed by atoms with Gasteiger partial charge in [0.25, 0.3) is 0 Å². The zero-order valence-corrected chi connectivity index (χ0v) is 14.9. The normalized spacial score (nSPS) is 10.7. The van der Waals surface area contributed by atoms with Gasteiger partial charge in [0.2, 0.25) is 5.95 Å². The summed E-state index contributed by atoms with van der Waals surface area (Å²) in [6.45, 7) is 5.02. The van der Waals surface area contributed by atoms with Crippen LogP contribution >= 0.6 is 0 Å². The Morgan fingerprint density at radius 2 is 1.93 bits per heavy atom. The fourth-order valence-corrected chi connectivity index (χ4v) is 1.80. The summed E-state index contributed by atoms with van der Waals surface area (Å²) in [6.07, 6.45) is -2.44. The highest BCUT2D eigenvalue weighted by atomic mass is 19.4. The van der Waals surface area contributed by atoms with E-state index in [0.29, 0.717) is 19.0 Å². The minimum atomic E-state index is -5.08. The van der Waals surface area contributed by atoms with E-state index in [1.54, 1.807) is 16.4 Å². The number of rotatable bonds is 5. The number of alkyl halides is 3. The van der Waals surface area contributed by atoms with Crippen LogP contribution in [-0.4, -0.2) is 54.4 Å². The van der Waals surface area contributed by atoms with Gasteiger partial charge >= 0.3 is 18.2 Å². The van der Waals surface area contributed by atoms with Crippen LogP contribution in [-0.2, 0) is 24.8 Å². The molecule has 0 aromatic carbocycles. The molecular formula is C14H20F3N7O3. The second-order valence-electron chi connectivity index (χ2n) is 5.23. The van der Waals surface area contributed by atoms with E-state index in [0.717, 1.165) is 17.9 Å². The minimum absolute atomic E-state index is 0.316. The van der Waals surface area contributed by atoms with Crippen LogP contribution in [0.15, 0.2) is 12.3 Å². The third-order valence-electron chi connectivity index (χ3n) is 3.04. The van der Waals surface area contributed by atoms with Crippen LogP contribution in [0.1, 0.15) is 18.4 Å². The molecule has 2 heterocycles. The molecule has 0 atom stereocenters. The smallest absolute Gasteiger partial charge is 0.475 e. The predicted octanol–water partition coefficient (Wildman–Crippen LogP) is 1.34. The summed E-state index contributed by atoms with van der Waals surface area (Å²) >= 11 is 0. The molecule has 2 rings (SSSR count). The van der Waals surface area contributed by atoms with E-state index in [2.05, 4.69) is 25.8 Å². The van der Waals surface area contributed by atoms with Crippen molar-refractivity contribution in [1.82, 2.24) is 29.9 Å². The molecule has 0 aliphatic carbocycles. The van der Waals surface area contributed by atoms with E-state index in [4.69, 9.17) is 9.90 Å². The summed E-state index contributed by atoms with van der Waals surface area (Å²) in [5.74, 6) is -1.61. The number of urea groups is 1. The number of aliphatic carboxylic acids is 1. The molecule has 10 nitrogen and oxygen atoms in total. The summed E-state index contributed by atoms with van der Waals surface area (Å²) in [6, 6.07) is 1.60. The number of nitrogens with one attached hydrogen (secondary N) is 2. The molecule has 0 bridgehead atoms. The average molecular weight is 391 g/mol. The molecule has 150 valence electrons. The lowest BCUT2D eigenvalue weighted by atomic mass is 10.5. The molecule has 0 fully saturated rings. The van der Waals surface area contributed by atoms with Crippen molar-refractivity contribution in [3.8, 4) is 0 Å². The number of anilines is 1. The number of carbonyl (C=O) groups is 2. The zero-order valence-electron chi connectivity index (χ0n) is 14.9. The molecular weight excluding hydrogens is 371 g/mol. The molecule has 0 aliphatic heterocycles. The maximum atomic E-state index is 11.7. The van der Waals surface area contributed by atoms with Crippen LogP contribution in [0.5, 0.6) is 0 Å². The highest BCUT2D eigenvalue weighted by Crippen LogP contribution is 2.13. The van der Waals surface area contributed by atoms with Gasteiger partial charge in [-0.05, 0) is 13.0 Å². The van der Waals surface area contributed by atoms with E-state index in [-0.39, 0.29) is 6.03 Å². The van der Waals surface area contributed by atoms with Gasteiger partial charge < -0.3 is 10.4 Å². The van der Waals surface area contributed by atoms with Crippen molar-refractivity contribution in [2.75, 3.05) is 11.9 Å². The second-order valence-corrected chi connectivity index (χ2v) is 5.23. The van der Waals surface area contributed by atoms with Gasteiger partial charge in [-0.25, -0.2) is 9.59 Å². The lowest BCUT2D eigenvalue weighted by Gasteiger charge is -2.05. The fourth-order valence-electron chi connectivity index (χ4n) is 1.80. The molecule has 0 aliphatic rings. The van der Waals surface area contributed by atoms with Crippen LogP contribution in [0, 0.1) is 6.92 Å². The molecule has 0 radical (unpaired) electrons. The van der Waals surface area contributed by atoms with Crippen LogP contribution in [0.2, 0.25) is 0 Å². The van der Waals surface area contributed by atoms with Crippen molar-refractivity contribution in [2.24, 2.45) is 7.05 Å². The fraction of sp³-hybridized carbons (Fsp3) is 0.500. The first-order chi connectivity index (χ1) is 12.5. The number of carbonyl (C=O) groups excluding carboxylic acids is 1. The quantitative estimate of drug-likeness (QED) is 0.706. The average Bonchev–Trinajstić information content (AvgIpc) is 3.12. The Kier molecular flexibility index (Phi) is 7.75. The molecule has 0 spiro atoms. The number of aromatic nitrogens is 5. The van der Waals surface area contributed by atoms with E-state index >= 15 is 0 Å². The van der Waals surface area contributed by atoms with Crippen molar-refractivity contribution in [1.29, 1.82) is 0 Å². The Labute approximate surface area is 152 Å². The van der Waals surface area contributed by atoms with E-state index in [9.17, 15) is 18.0 Å². The maximum absolute atomic E-state index is 11.7. The van der Waals surface area contributed by atoms with E-state index in [1.165, 1.54) is 0 Å². The molecule has 2 aromatic heterocycles. The first-order valence-corrected chi connectivity index (χ1v) is 7.77. The molecule has 2 aromatic rings. The van der Waals surface area contributed by atoms with Gasteiger partial charge in [-0.15, -0.1) is 5.10 Å². The Bertz CT molecular complexity index is 770. The van der Waals surface area contributed by atoms with Gasteiger partial charge in [0.15, 0.2) is 0 Å². The van der Waals surface area contributed by atoms with Crippen molar-refractivity contribution >= 4 is 17.9 Å². The molecule has 27 heavy (non-hydrogen) atoms. The number of nitrogens with zero attached hydrogens (tertiary/aromatic N) is 5. The maximum Gasteiger partial charge on any atom is 0.490 e. The number of halogens is 3. The molecule has 2 amide bonds. The summed E-state index contributed by atoms with van der Waals surface area (Å²) in [5, 5.41) is 20.8. The number of carboxylic acid groups (broad SMARTS) is 1. The Morgan fingerprint density at radius 3 is 2.37 bits per heavy atom. The van der Waals surface area contributed by atoms with E-state index < -0.39 is 12.1 Å². The number of hydrogen-bond donors (Lipinski definition) is 3. The summed E-state index contributed by atoms with van der Waals surface area (Å²) in [4.78, 5) is 24.8. The second kappa shape index (κ2) is 9.54. The third-order valence-corrected chi connectivity index (χ3v) is 3.04. The number of carboxylic acids is 1. The predicted molar refractivity (Wildman–Crippen MR) is 88.1 cm³/mol. The number of amides is 2. The Morgan fingerprint density at radius 1 is 1.30 bits per heavy atom. The zero-order chi connectivity index (χ0) is 20.6. The molecule has 0 saturated heterocycles. The Hall–Kier alpha value is -3.12. The van der Waals surface area contributed by atoms with E-state index in [1.807, 2.05) is 26.1 Å². The molecule has 3 N–H and O–H groups in total. The van der Waals surface area contributed by atoms with Crippen molar-refractivity contribution in [2.45, 2.75) is 33.0 Å². The van der Waals surface area contributed by atoms with Gasteiger partial charge in [0, 0.05) is 26.2 Å². The van der Waals surface area contributed by atoms with Gasteiger partial charge in [-0.2, -0.15) is 23.3 Å². The summed E-state index contributed by atoms with van der Waals surface area (Å²) in [5.41, 5.74) is 0.958. The lowest BCUT2D eigenvalue weighted by Crippen LogP contribution is -2.32. The molecule has 0 unspecified atom stereocenters. The van der Waals surface area contributed by atoms with Crippen molar-refractivity contribution in [3.05, 3.63) is 23.8 Å². The topological polar surface area (TPSA) is 127 Å². The standard InChI is InChI=1S/C12H19N7O.C2HF3O2/c1-4-10-14-11(17-18(10)3)15-12(20)13-6-8-19-7-5-9(2)16-19;3-2(4,5)1(6)7/h5,7H,4,6,8H2,1-3H3,(H2,13,15,17,20);(H,6,7). The van der Waals surface area contributed by atoms with Crippen LogP contribution < -0.4 is 10.6 Å². The van der Waals surface area contributed by atoms with Crippen LogP contribution in [0.3, 0.4) is 0 Å². The number of aryl methyl sites for hydroxylation is 3. The van der Waals surface area contributed by atoms with Gasteiger partial charge in [-0.3, -0.25) is 14.7 Å². The van der Waals surface area contributed by atoms with Crippen molar-refractivity contribution < 1.29 is 27.9 Å². The summed E-state index contributed by atoms with van der Waals surface area (Å²) < 4.78 is 35.2.